The molecule has 1 aliphatic carbocycles. The molecule has 10 heteroatoms. The van der Waals surface area contributed by atoms with Crippen LogP contribution in [0.15, 0.2) is 64.9 Å². The number of ether oxygens (including phenoxy) is 1. The van der Waals surface area contributed by atoms with E-state index in [0.29, 0.717) is 67.1 Å². The van der Waals surface area contributed by atoms with Gasteiger partial charge in [-0.15, -0.1) is 11.3 Å². The lowest BCUT2D eigenvalue weighted by Crippen LogP contribution is -2.37. The number of piperidine rings is 1. The Bertz CT molecular complexity index is 1520. The van der Waals surface area contributed by atoms with Crippen LogP contribution in [-0.4, -0.2) is 64.6 Å². The fourth-order valence-corrected chi connectivity index (χ4v) is 8.47. The van der Waals surface area contributed by atoms with Gasteiger partial charge in [0, 0.05) is 38.4 Å². The van der Waals surface area contributed by atoms with E-state index >= 15 is 4.39 Å². The van der Waals surface area contributed by atoms with Gasteiger partial charge in [-0.1, -0.05) is 39.0 Å². The number of halogens is 1. The fourth-order valence-electron chi connectivity index (χ4n) is 6.28. The number of amides is 1. The number of hydrogen-bond donors (Lipinski definition) is 0. The second-order valence-corrected chi connectivity index (χ2v) is 15.1. The second kappa shape index (κ2) is 11.4. The molecule has 3 heterocycles. The minimum atomic E-state index is -3.60. The van der Waals surface area contributed by atoms with Gasteiger partial charge in [0.15, 0.2) is 0 Å². The van der Waals surface area contributed by atoms with E-state index in [-0.39, 0.29) is 34.9 Å². The monoisotopic (exact) mass is 611 g/mol. The fraction of sp³-hybridized carbons (Fsp3) is 0.469. The molecule has 7 nitrogen and oxygen atoms in total. The number of benzene rings is 2. The number of thiophene rings is 1. The normalized spacial score (nSPS) is 22.7. The number of carbonyl (C=O) groups excluding carboxylic acids is 1. The Morgan fingerprint density at radius 3 is 2.36 bits per heavy atom. The minimum absolute atomic E-state index is 0.0110. The van der Waals surface area contributed by atoms with Crippen LogP contribution in [0.2, 0.25) is 0 Å². The molecule has 224 valence electrons. The quantitative estimate of drug-likeness (QED) is 0.314. The van der Waals surface area contributed by atoms with Gasteiger partial charge in [0.05, 0.1) is 28.7 Å². The summed E-state index contributed by atoms with van der Waals surface area (Å²) < 4.78 is 49.2. The largest absolute Gasteiger partial charge is 0.378 e. The third kappa shape index (κ3) is 5.50. The van der Waals surface area contributed by atoms with Crippen LogP contribution in [0.5, 0.6) is 0 Å². The van der Waals surface area contributed by atoms with Crippen molar-refractivity contribution < 1.29 is 22.3 Å². The Hall–Kier alpha value is -2.79. The minimum Gasteiger partial charge on any atom is -0.378 e. The molecule has 0 bridgehead atoms. The maximum absolute atomic E-state index is 15.3. The molecule has 2 aliphatic heterocycles. The molecule has 1 amide bonds. The summed E-state index contributed by atoms with van der Waals surface area (Å²) >= 11 is 1.36. The number of sulfonamides is 1. The average molecular weight is 612 g/mol. The highest BCUT2D eigenvalue weighted by atomic mass is 32.2. The van der Waals surface area contributed by atoms with Crippen molar-refractivity contribution in [2.24, 2.45) is 17.8 Å². The highest BCUT2D eigenvalue weighted by molar-refractivity contribution is 7.89. The number of carbonyl (C=O) groups is 1. The highest BCUT2D eigenvalue weighted by Crippen LogP contribution is 2.53. The summed E-state index contributed by atoms with van der Waals surface area (Å²) in [6.07, 6.45) is 0.965. The molecule has 1 aromatic heterocycles. The van der Waals surface area contributed by atoms with E-state index in [9.17, 15) is 13.2 Å². The summed E-state index contributed by atoms with van der Waals surface area (Å²) in [5.74, 6) is -0.00789. The van der Waals surface area contributed by atoms with Crippen molar-refractivity contribution in [2.75, 3.05) is 55.7 Å². The molecule has 6 rings (SSSR count). The molecule has 0 N–H and O–H groups in total. The van der Waals surface area contributed by atoms with Gasteiger partial charge < -0.3 is 14.5 Å². The first-order valence-corrected chi connectivity index (χ1v) is 17.0. The van der Waals surface area contributed by atoms with Crippen molar-refractivity contribution >= 4 is 38.6 Å². The predicted molar refractivity (Wildman–Crippen MR) is 164 cm³/mol. The van der Waals surface area contributed by atoms with E-state index in [1.54, 1.807) is 33.5 Å². The van der Waals surface area contributed by atoms with Gasteiger partial charge in [0.1, 0.15) is 5.82 Å². The number of morpholine rings is 1. The summed E-state index contributed by atoms with van der Waals surface area (Å²) in [6, 6.07) is 15.9. The maximum Gasteiger partial charge on any atom is 0.268 e. The van der Waals surface area contributed by atoms with Crippen molar-refractivity contribution in [1.29, 1.82) is 0 Å². The Morgan fingerprint density at radius 1 is 1.07 bits per heavy atom. The Labute approximate surface area is 251 Å². The van der Waals surface area contributed by atoms with Crippen molar-refractivity contribution in [3.8, 4) is 0 Å². The molecule has 2 unspecified atom stereocenters. The lowest BCUT2D eigenvalue weighted by Gasteiger charge is -2.30. The standard InChI is InChI=1S/C32H38FN3O4S2/c1-4-32(2,3)22-7-10-24(11-8-22)42(38,39)35-19-25-26(20-35)27(25)21-36(31(37)30-6-5-17-41-30)23-9-12-29(28(33)18-23)34-13-15-40-16-14-34/h5-12,17-18,25-27H,4,13-16,19-21H2,1-3H3. The van der Waals surface area contributed by atoms with Crippen molar-refractivity contribution in [3.63, 3.8) is 0 Å². The Balaban J connectivity index is 1.16. The van der Waals surface area contributed by atoms with E-state index in [1.807, 2.05) is 34.5 Å². The average Bonchev–Trinajstić information content (AvgIpc) is 3.39. The molecule has 2 aromatic carbocycles. The van der Waals surface area contributed by atoms with Crippen molar-refractivity contribution in [2.45, 2.75) is 37.5 Å². The van der Waals surface area contributed by atoms with Crippen LogP contribution in [0.25, 0.3) is 0 Å². The third-order valence-corrected chi connectivity index (χ3v) is 12.2. The number of anilines is 2. The zero-order chi connectivity index (χ0) is 29.6. The summed E-state index contributed by atoms with van der Waals surface area (Å²) in [6.45, 7) is 10.1. The molecular weight excluding hydrogens is 574 g/mol. The SMILES string of the molecule is CCC(C)(C)c1ccc(S(=O)(=O)N2CC3C(CN(C(=O)c4cccs4)c4ccc(N5CCOCC5)c(F)c4)C3C2)cc1. The van der Waals surface area contributed by atoms with Crippen LogP contribution in [0.3, 0.4) is 0 Å². The van der Waals surface area contributed by atoms with Gasteiger partial charge in [-0.3, -0.25) is 4.79 Å². The maximum atomic E-state index is 15.3. The summed E-state index contributed by atoms with van der Waals surface area (Å²) in [5.41, 5.74) is 2.15. The topological polar surface area (TPSA) is 70.2 Å². The van der Waals surface area contributed by atoms with Crippen LogP contribution in [0.1, 0.15) is 42.4 Å². The van der Waals surface area contributed by atoms with E-state index in [4.69, 9.17) is 4.74 Å². The first-order valence-electron chi connectivity index (χ1n) is 14.7. The predicted octanol–water partition coefficient (Wildman–Crippen LogP) is 5.62. The number of rotatable bonds is 9. The lowest BCUT2D eigenvalue weighted by molar-refractivity contribution is 0.0988. The van der Waals surface area contributed by atoms with E-state index in [0.717, 1.165) is 12.0 Å². The van der Waals surface area contributed by atoms with E-state index < -0.39 is 10.0 Å². The summed E-state index contributed by atoms with van der Waals surface area (Å²) in [5, 5.41) is 1.86. The van der Waals surface area contributed by atoms with Crippen LogP contribution in [0, 0.1) is 23.6 Å². The molecule has 3 aromatic rings. The molecule has 3 aliphatic rings. The smallest absolute Gasteiger partial charge is 0.268 e. The highest BCUT2D eigenvalue weighted by Gasteiger charge is 2.58. The lowest BCUT2D eigenvalue weighted by atomic mass is 9.82. The van der Waals surface area contributed by atoms with Gasteiger partial charge >= 0.3 is 0 Å². The van der Waals surface area contributed by atoms with Crippen molar-refractivity contribution in [1.82, 2.24) is 4.31 Å². The number of fused-ring (bicyclic) bond motifs is 1. The van der Waals surface area contributed by atoms with Crippen molar-refractivity contribution in [3.05, 3.63) is 76.2 Å². The number of hydrogen-bond acceptors (Lipinski definition) is 6. The molecule has 2 atom stereocenters. The first kappa shape index (κ1) is 29.3. The van der Waals surface area contributed by atoms with Gasteiger partial charge in [0.25, 0.3) is 5.91 Å². The molecule has 0 radical (unpaired) electrons. The van der Waals surface area contributed by atoms with Crippen LogP contribution < -0.4 is 9.80 Å². The van der Waals surface area contributed by atoms with Gasteiger partial charge in [-0.05, 0) is 76.9 Å². The van der Waals surface area contributed by atoms with Crippen LogP contribution in [0.4, 0.5) is 15.8 Å². The zero-order valence-electron chi connectivity index (χ0n) is 24.3. The van der Waals surface area contributed by atoms with Gasteiger partial charge in [-0.25, -0.2) is 12.8 Å². The molecule has 0 spiro atoms. The molecular formula is C32H38FN3O4S2. The Kier molecular flexibility index (Phi) is 7.93. The number of nitrogens with zero attached hydrogens (tertiary/aromatic N) is 3. The van der Waals surface area contributed by atoms with Gasteiger partial charge in [0.2, 0.25) is 10.0 Å². The second-order valence-electron chi connectivity index (χ2n) is 12.2. The molecule has 1 saturated carbocycles. The summed E-state index contributed by atoms with van der Waals surface area (Å²) in [4.78, 5) is 18.2. The summed E-state index contributed by atoms with van der Waals surface area (Å²) in [7, 11) is -3.60. The van der Waals surface area contributed by atoms with E-state index in [1.165, 1.54) is 17.4 Å². The first-order chi connectivity index (χ1) is 20.1. The Morgan fingerprint density at radius 2 is 1.76 bits per heavy atom. The van der Waals surface area contributed by atoms with Crippen LogP contribution >= 0.6 is 11.3 Å². The van der Waals surface area contributed by atoms with Gasteiger partial charge in [-0.2, -0.15) is 4.31 Å². The molecule has 42 heavy (non-hydrogen) atoms. The molecule has 3 fully saturated rings. The molecule has 2 saturated heterocycles. The van der Waals surface area contributed by atoms with Crippen LogP contribution in [-0.2, 0) is 20.2 Å². The van der Waals surface area contributed by atoms with E-state index in [2.05, 4.69) is 20.8 Å². The zero-order valence-corrected chi connectivity index (χ0v) is 26.0. The third-order valence-electron chi connectivity index (χ3n) is 9.46.